The molecule has 0 aliphatic heterocycles. The number of hydrogen-bond acceptors (Lipinski definition) is 2. The van der Waals surface area contributed by atoms with Gasteiger partial charge in [-0.15, -0.1) is 0 Å². The second-order valence-electron chi connectivity index (χ2n) is 3.28. The van der Waals surface area contributed by atoms with E-state index in [1.165, 1.54) is 12.1 Å². The molecule has 16 heavy (non-hydrogen) atoms. The van der Waals surface area contributed by atoms with Gasteiger partial charge in [-0.05, 0) is 24.6 Å². The highest BCUT2D eigenvalue weighted by Gasteiger charge is 2.33. The summed E-state index contributed by atoms with van der Waals surface area (Å²) in [7, 11) is 0. The van der Waals surface area contributed by atoms with Gasteiger partial charge < -0.3 is 0 Å². The molecule has 0 saturated heterocycles. The van der Waals surface area contributed by atoms with Gasteiger partial charge in [0, 0.05) is 5.39 Å². The number of alkyl halides is 3. The van der Waals surface area contributed by atoms with Crippen LogP contribution in [0, 0.1) is 6.92 Å². The van der Waals surface area contributed by atoms with Crippen LogP contribution in [0.4, 0.5) is 13.2 Å². The van der Waals surface area contributed by atoms with Crippen molar-refractivity contribution in [2.75, 3.05) is 0 Å². The molecule has 0 bridgehead atoms. The summed E-state index contributed by atoms with van der Waals surface area (Å²) in [5.74, 6) is 0. The summed E-state index contributed by atoms with van der Waals surface area (Å²) >= 11 is 5.56. The van der Waals surface area contributed by atoms with Crippen LogP contribution in [0.2, 0.25) is 5.28 Å². The lowest BCUT2D eigenvalue weighted by atomic mass is 10.1. The van der Waals surface area contributed by atoms with E-state index in [0.717, 1.165) is 6.07 Å². The first-order chi connectivity index (χ1) is 7.39. The van der Waals surface area contributed by atoms with Crippen molar-refractivity contribution >= 4 is 22.5 Å². The van der Waals surface area contributed by atoms with Crippen LogP contribution in [0.1, 0.15) is 11.3 Å². The monoisotopic (exact) mass is 246 g/mol. The smallest absolute Gasteiger partial charge is 0.223 e. The summed E-state index contributed by atoms with van der Waals surface area (Å²) in [5.41, 5.74) is -0.522. The van der Waals surface area contributed by atoms with Crippen LogP contribution in [0.3, 0.4) is 0 Å². The Labute approximate surface area is 94.1 Å². The maximum absolute atomic E-state index is 12.7. The largest absolute Gasteiger partial charge is 0.418 e. The van der Waals surface area contributed by atoms with Crippen LogP contribution in [0.25, 0.3) is 10.9 Å². The summed E-state index contributed by atoms with van der Waals surface area (Å²) in [4.78, 5) is 7.45. The van der Waals surface area contributed by atoms with Crippen LogP contribution in [-0.2, 0) is 6.18 Å². The van der Waals surface area contributed by atoms with E-state index in [9.17, 15) is 13.2 Å². The topological polar surface area (TPSA) is 25.8 Å². The van der Waals surface area contributed by atoms with Crippen molar-refractivity contribution in [3.05, 3.63) is 34.7 Å². The van der Waals surface area contributed by atoms with E-state index < -0.39 is 11.7 Å². The molecule has 0 amide bonds. The minimum absolute atomic E-state index is 0.160. The van der Waals surface area contributed by atoms with Gasteiger partial charge in [0.25, 0.3) is 0 Å². The molecule has 2 aromatic rings. The van der Waals surface area contributed by atoms with E-state index in [1.54, 1.807) is 6.92 Å². The Hall–Kier alpha value is -1.36. The molecule has 0 atom stereocenters. The lowest BCUT2D eigenvalue weighted by Crippen LogP contribution is -2.07. The molecule has 1 aromatic heterocycles. The molecule has 0 saturated carbocycles. The predicted octanol–water partition coefficient (Wildman–Crippen LogP) is 3.61. The zero-order valence-electron chi connectivity index (χ0n) is 8.14. The summed E-state index contributed by atoms with van der Waals surface area (Å²) < 4.78 is 38.0. The Balaban J connectivity index is 2.87. The maximum atomic E-state index is 12.7. The third kappa shape index (κ3) is 1.82. The Morgan fingerprint density at radius 2 is 1.88 bits per heavy atom. The number of aromatic nitrogens is 2. The molecule has 2 nitrogen and oxygen atoms in total. The van der Waals surface area contributed by atoms with Gasteiger partial charge >= 0.3 is 6.18 Å². The van der Waals surface area contributed by atoms with Crippen molar-refractivity contribution in [1.82, 2.24) is 9.97 Å². The van der Waals surface area contributed by atoms with Crippen molar-refractivity contribution in [2.24, 2.45) is 0 Å². The van der Waals surface area contributed by atoms with Crippen molar-refractivity contribution < 1.29 is 13.2 Å². The number of para-hydroxylation sites is 1. The minimum Gasteiger partial charge on any atom is -0.223 e. The molecular weight excluding hydrogens is 241 g/mol. The van der Waals surface area contributed by atoms with Gasteiger partial charge in [-0.2, -0.15) is 13.2 Å². The lowest BCUT2D eigenvalue weighted by Gasteiger charge is -2.10. The molecule has 0 N–H and O–H groups in total. The Morgan fingerprint density at radius 3 is 2.50 bits per heavy atom. The molecule has 0 fully saturated rings. The molecule has 2 rings (SSSR count). The van der Waals surface area contributed by atoms with Crippen molar-refractivity contribution in [2.45, 2.75) is 13.1 Å². The standard InChI is InChI=1S/C10H6ClF3N2/c1-5-6-3-2-4-7(10(12,13)14)8(6)16-9(11)15-5/h2-4H,1H3. The molecule has 0 radical (unpaired) electrons. The number of rotatable bonds is 0. The van der Waals surface area contributed by atoms with E-state index in [2.05, 4.69) is 9.97 Å². The van der Waals surface area contributed by atoms with Gasteiger partial charge in [0.15, 0.2) is 0 Å². The molecule has 0 spiro atoms. The molecule has 6 heteroatoms. The second kappa shape index (κ2) is 3.59. The number of aryl methyl sites for hydroxylation is 1. The Morgan fingerprint density at radius 1 is 1.19 bits per heavy atom. The van der Waals surface area contributed by atoms with Crippen LogP contribution in [0.5, 0.6) is 0 Å². The van der Waals surface area contributed by atoms with Crippen LogP contribution in [0.15, 0.2) is 18.2 Å². The fraction of sp³-hybridized carbons (Fsp3) is 0.200. The predicted molar refractivity (Wildman–Crippen MR) is 54.3 cm³/mol. The molecule has 1 heterocycles. The third-order valence-corrected chi connectivity index (χ3v) is 2.36. The zero-order valence-corrected chi connectivity index (χ0v) is 8.89. The van der Waals surface area contributed by atoms with E-state index >= 15 is 0 Å². The minimum atomic E-state index is -4.44. The zero-order chi connectivity index (χ0) is 11.9. The van der Waals surface area contributed by atoms with E-state index in [-0.39, 0.29) is 10.8 Å². The first-order valence-electron chi connectivity index (χ1n) is 4.39. The third-order valence-electron chi connectivity index (χ3n) is 2.20. The summed E-state index contributed by atoms with van der Waals surface area (Å²) in [6.45, 7) is 1.59. The van der Waals surface area contributed by atoms with Crippen LogP contribution >= 0.6 is 11.6 Å². The van der Waals surface area contributed by atoms with Gasteiger partial charge in [-0.3, -0.25) is 0 Å². The molecule has 0 aliphatic carbocycles. The number of benzene rings is 1. The van der Waals surface area contributed by atoms with Crippen molar-refractivity contribution in [1.29, 1.82) is 0 Å². The molecule has 84 valence electrons. The second-order valence-corrected chi connectivity index (χ2v) is 3.62. The molecular formula is C10H6ClF3N2. The SMILES string of the molecule is Cc1nc(Cl)nc2c(C(F)(F)F)cccc12. The molecule has 0 unspecified atom stereocenters. The summed E-state index contributed by atoms with van der Waals surface area (Å²) in [6, 6.07) is 3.84. The average molecular weight is 247 g/mol. The highest BCUT2D eigenvalue weighted by Crippen LogP contribution is 2.34. The van der Waals surface area contributed by atoms with Crippen LogP contribution in [-0.4, -0.2) is 9.97 Å². The van der Waals surface area contributed by atoms with Crippen molar-refractivity contribution in [3.8, 4) is 0 Å². The number of hydrogen-bond donors (Lipinski definition) is 0. The van der Waals surface area contributed by atoms with E-state index in [0.29, 0.717) is 11.1 Å². The lowest BCUT2D eigenvalue weighted by molar-refractivity contribution is -0.136. The number of halogens is 4. The van der Waals surface area contributed by atoms with Gasteiger partial charge in [0.1, 0.15) is 0 Å². The highest BCUT2D eigenvalue weighted by atomic mass is 35.5. The number of fused-ring (bicyclic) bond motifs is 1. The van der Waals surface area contributed by atoms with E-state index in [1.807, 2.05) is 0 Å². The quantitative estimate of drug-likeness (QED) is 0.664. The Bertz CT molecular complexity index is 551. The van der Waals surface area contributed by atoms with Crippen LogP contribution < -0.4 is 0 Å². The van der Waals surface area contributed by atoms with E-state index in [4.69, 9.17) is 11.6 Å². The van der Waals surface area contributed by atoms with Gasteiger partial charge in [-0.1, -0.05) is 12.1 Å². The maximum Gasteiger partial charge on any atom is 0.418 e. The van der Waals surface area contributed by atoms with Crippen molar-refractivity contribution in [3.63, 3.8) is 0 Å². The molecule has 0 aliphatic rings. The van der Waals surface area contributed by atoms with Gasteiger partial charge in [0.05, 0.1) is 16.8 Å². The summed E-state index contributed by atoms with van der Waals surface area (Å²) in [6.07, 6.45) is -4.44. The highest BCUT2D eigenvalue weighted by molar-refractivity contribution is 6.28. The van der Waals surface area contributed by atoms with Gasteiger partial charge in [0.2, 0.25) is 5.28 Å². The number of nitrogens with zero attached hydrogens (tertiary/aromatic N) is 2. The first-order valence-corrected chi connectivity index (χ1v) is 4.77. The fourth-order valence-electron chi connectivity index (χ4n) is 1.50. The average Bonchev–Trinajstić information content (AvgIpc) is 2.15. The first kappa shape index (κ1) is 11.1. The summed E-state index contributed by atoms with van der Waals surface area (Å²) in [5, 5.41) is 0.181. The Kier molecular flexibility index (Phi) is 2.50. The molecule has 1 aromatic carbocycles. The fourth-order valence-corrected chi connectivity index (χ4v) is 1.71. The normalized spacial score (nSPS) is 12.1. The van der Waals surface area contributed by atoms with Gasteiger partial charge in [-0.25, -0.2) is 9.97 Å².